The summed E-state index contributed by atoms with van der Waals surface area (Å²) in [6.45, 7) is 9.09. The summed E-state index contributed by atoms with van der Waals surface area (Å²) < 4.78 is 11.8. The molecule has 3 aromatic heterocycles. The summed E-state index contributed by atoms with van der Waals surface area (Å²) in [6.07, 6.45) is 5.79. The van der Waals surface area contributed by atoms with E-state index in [2.05, 4.69) is 22.0 Å². The lowest BCUT2D eigenvalue weighted by Crippen LogP contribution is -2.29. The van der Waals surface area contributed by atoms with Crippen LogP contribution in [0.2, 0.25) is 0 Å². The molecule has 0 radical (unpaired) electrons. The van der Waals surface area contributed by atoms with E-state index in [1.807, 2.05) is 33.0 Å². The van der Waals surface area contributed by atoms with Crippen molar-refractivity contribution in [2.45, 2.75) is 46.6 Å². The Morgan fingerprint density at radius 3 is 2.52 bits per heavy atom. The van der Waals surface area contributed by atoms with Gasteiger partial charge in [0.25, 0.3) is 0 Å². The molecule has 31 heavy (non-hydrogen) atoms. The molecule has 0 bridgehead atoms. The van der Waals surface area contributed by atoms with Gasteiger partial charge in [0.1, 0.15) is 11.3 Å². The van der Waals surface area contributed by atoms with Crippen molar-refractivity contribution >= 4 is 34.3 Å². The third-order valence-corrected chi connectivity index (χ3v) is 6.36. The third kappa shape index (κ3) is 3.88. The molecule has 5 rings (SSSR count). The van der Waals surface area contributed by atoms with Crippen LogP contribution in [0.4, 0.5) is 0 Å². The first kappa shape index (κ1) is 21.6. The van der Waals surface area contributed by atoms with E-state index in [4.69, 9.17) is 8.83 Å². The van der Waals surface area contributed by atoms with Crippen molar-refractivity contribution < 1.29 is 8.83 Å². The summed E-state index contributed by atoms with van der Waals surface area (Å²) in [6, 6.07) is 7.65. The van der Waals surface area contributed by atoms with Crippen molar-refractivity contribution in [3.8, 4) is 11.3 Å². The summed E-state index contributed by atoms with van der Waals surface area (Å²) >= 11 is 0. The van der Waals surface area contributed by atoms with E-state index in [-0.39, 0.29) is 18.0 Å². The Balaban J connectivity index is 0.00000231. The van der Waals surface area contributed by atoms with E-state index >= 15 is 0 Å². The molecular formula is C25H27ClN2O3. The van der Waals surface area contributed by atoms with Gasteiger partial charge < -0.3 is 8.83 Å². The number of furan rings is 1. The lowest BCUT2D eigenvalue weighted by molar-refractivity contribution is 0.221. The fourth-order valence-corrected chi connectivity index (χ4v) is 4.48. The Kier molecular flexibility index (Phi) is 5.91. The molecule has 6 heteroatoms. The van der Waals surface area contributed by atoms with E-state index in [0.29, 0.717) is 11.3 Å². The van der Waals surface area contributed by atoms with Gasteiger partial charge in [-0.1, -0.05) is 18.6 Å². The minimum atomic E-state index is -0.366. The number of piperidine rings is 1. The first-order valence-electron chi connectivity index (χ1n) is 10.7. The highest BCUT2D eigenvalue weighted by molar-refractivity contribution is 5.97. The molecule has 0 spiro atoms. The molecule has 0 N–H and O–H groups in total. The normalized spacial score (nSPS) is 14.8. The second kappa shape index (κ2) is 8.48. The molecular weight excluding hydrogens is 412 g/mol. The molecule has 1 aromatic carbocycles. The predicted molar refractivity (Wildman–Crippen MR) is 126 cm³/mol. The number of benzene rings is 1. The largest absolute Gasteiger partial charge is 0.454 e. The maximum atomic E-state index is 12.3. The third-order valence-electron chi connectivity index (χ3n) is 6.36. The molecule has 1 saturated heterocycles. The minimum absolute atomic E-state index is 0. The lowest BCUT2D eigenvalue weighted by atomic mass is 10.0. The summed E-state index contributed by atoms with van der Waals surface area (Å²) in [5.74, 6) is 0.683. The Morgan fingerprint density at radius 2 is 1.74 bits per heavy atom. The molecule has 5 nitrogen and oxygen atoms in total. The van der Waals surface area contributed by atoms with Gasteiger partial charge in [0.05, 0.1) is 5.69 Å². The van der Waals surface area contributed by atoms with Gasteiger partial charge in [0.2, 0.25) is 0 Å². The van der Waals surface area contributed by atoms with Gasteiger partial charge >= 0.3 is 5.63 Å². The van der Waals surface area contributed by atoms with E-state index in [1.54, 1.807) is 0 Å². The number of aromatic nitrogens is 1. The molecule has 0 amide bonds. The molecule has 4 heterocycles. The molecule has 0 saturated carbocycles. The highest BCUT2D eigenvalue weighted by Crippen LogP contribution is 2.35. The monoisotopic (exact) mass is 438 g/mol. The summed E-state index contributed by atoms with van der Waals surface area (Å²) in [4.78, 5) is 19.4. The van der Waals surface area contributed by atoms with Crippen LogP contribution in [0.15, 0.2) is 44.1 Å². The van der Waals surface area contributed by atoms with Crippen LogP contribution in [0, 0.1) is 20.8 Å². The molecule has 1 aliphatic rings. The van der Waals surface area contributed by atoms with Crippen LogP contribution in [-0.4, -0.2) is 23.0 Å². The summed E-state index contributed by atoms with van der Waals surface area (Å²) in [5.41, 5.74) is 5.93. The van der Waals surface area contributed by atoms with Gasteiger partial charge in [-0.2, -0.15) is 0 Å². The van der Waals surface area contributed by atoms with Crippen LogP contribution in [0.3, 0.4) is 0 Å². The molecule has 0 aliphatic carbocycles. The fraction of sp³-hybridized carbons (Fsp3) is 0.360. The fourth-order valence-electron chi connectivity index (χ4n) is 4.48. The summed E-state index contributed by atoms with van der Waals surface area (Å²) in [5, 5.41) is 1.97. The van der Waals surface area contributed by atoms with Crippen molar-refractivity contribution in [1.29, 1.82) is 0 Å². The van der Waals surface area contributed by atoms with Crippen LogP contribution in [-0.2, 0) is 6.54 Å². The van der Waals surface area contributed by atoms with Gasteiger partial charge in [0, 0.05) is 35.1 Å². The number of pyridine rings is 1. The molecule has 1 aliphatic heterocycles. The van der Waals surface area contributed by atoms with Crippen molar-refractivity contribution in [1.82, 2.24) is 9.88 Å². The Morgan fingerprint density at radius 1 is 0.968 bits per heavy atom. The molecule has 0 unspecified atom stereocenters. The first-order valence-corrected chi connectivity index (χ1v) is 10.7. The number of nitrogens with zero attached hydrogens (tertiary/aromatic N) is 2. The Labute approximate surface area is 187 Å². The van der Waals surface area contributed by atoms with Gasteiger partial charge in [0.15, 0.2) is 5.58 Å². The molecule has 162 valence electrons. The zero-order valence-electron chi connectivity index (χ0n) is 18.2. The quantitative estimate of drug-likeness (QED) is 0.371. The van der Waals surface area contributed by atoms with Crippen LogP contribution in [0.25, 0.3) is 33.3 Å². The average Bonchev–Trinajstić information content (AvgIpc) is 3.20. The number of halogens is 1. The number of aryl methyl sites for hydroxylation is 3. The highest BCUT2D eigenvalue weighted by atomic mass is 35.5. The van der Waals surface area contributed by atoms with E-state index in [0.717, 1.165) is 58.4 Å². The van der Waals surface area contributed by atoms with Crippen LogP contribution < -0.4 is 5.63 Å². The minimum Gasteiger partial charge on any atom is -0.454 e. The average molecular weight is 439 g/mol. The highest BCUT2D eigenvalue weighted by Gasteiger charge is 2.19. The van der Waals surface area contributed by atoms with Gasteiger partial charge in [-0.3, -0.25) is 9.88 Å². The number of likely N-dealkylation sites (tertiary alicyclic amines) is 1. The zero-order chi connectivity index (χ0) is 20.8. The van der Waals surface area contributed by atoms with Gasteiger partial charge in [-0.05, 0) is 69.5 Å². The lowest BCUT2D eigenvalue weighted by Gasteiger charge is -2.26. The molecule has 0 atom stereocenters. The zero-order valence-corrected chi connectivity index (χ0v) is 19.0. The second-order valence-electron chi connectivity index (χ2n) is 8.42. The van der Waals surface area contributed by atoms with Crippen molar-refractivity contribution in [2.75, 3.05) is 13.1 Å². The predicted octanol–water partition coefficient (Wildman–Crippen LogP) is 5.93. The van der Waals surface area contributed by atoms with Gasteiger partial charge in [-0.25, -0.2) is 4.79 Å². The molecule has 1 fully saturated rings. The maximum Gasteiger partial charge on any atom is 0.336 e. The number of hydrogen-bond donors (Lipinski definition) is 0. The maximum absolute atomic E-state index is 12.3. The first-order chi connectivity index (χ1) is 14.5. The molecule has 4 aromatic rings. The SMILES string of the molecule is Cc1ccc2c(-c3cc4c(CN5CCCCC5)cnc(C)c4o3)cc(=O)oc2c1C.Cl. The smallest absolute Gasteiger partial charge is 0.336 e. The van der Waals surface area contributed by atoms with Gasteiger partial charge in [-0.15, -0.1) is 12.4 Å². The topological polar surface area (TPSA) is 59.5 Å². The standard InChI is InChI=1S/C25H26N2O3.ClH/c1-15-7-8-19-21(12-23(28)30-24(19)16(15)2)22-11-20-18(13-26-17(3)25(20)29-22)14-27-9-5-4-6-10-27;/h7-8,11-13H,4-6,9-10,14H2,1-3H3;1H. The Bertz CT molecular complexity index is 1320. The number of rotatable bonds is 3. The number of hydrogen-bond acceptors (Lipinski definition) is 5. The van der Waals surface area contributed by atoms with E-state index in [9.17, 15) is 4.79 Å². The van der Waals surface area contributed by atoms with Crippen molar-refractivity contribution in [3.05, 3.63) is 63.3 Å². The second-order valence-corrected chi connectivity index (χ2v) is 8.42. The van der Waals surface area contributed by atoms with E-state index < -0.39 is 0 Å². The van der Waals surface area contributed by atoms with Crippen LogP contribution >= 0.6 is 12.4 Å². The Hall–Kier alpha value is -2.63. The van der Waals surface area contributed by atoms with Crippen LogP contribution in [0.5, 0.6) is 0 Å². The van der Waals surface area contributed by atoms with Crippen molar-refractivity contribution in [2.24, 2.45) is 0 Å². The van der Waals surface area contributed by atoms with E-state index in [1.165, 1.54) is 30.9 Å². The van der Waals surface area contributed by atoms with Crippen LogP contribution in [0.1, 0.15) is 41.6 Å². The number of fused-ring (bicyclic) bond motifs is 2. The van der Waals surface area contributed by atoms with Crippen molar-refractivity contribution in [3.63, 3.8) is 0 Å². The summed E-state index contributed by atoms with van der Waals surface area (Å²) in [7, 11) is 0.